The summed E-state index contributed by atoms with van der Waals surface area (Å²) >= 11 is 1.18. The standard InChI is InChI=1S/C12H10N2O3S/c1-7-6-9(12(16)17)18-8(7)2-3-10-13-5-4-11(15)14-10/h2-6H,1H3,(H,16,17)(H,13,14,15)/b3-2+. The van der Waals surface area contributed by atoms with Gasteiger partial charge in [0.05, 0.1) is 0 Å². The maximum absolute atomic E-state index is 11.1. The highest BCUT2D eigenvalue weighted by Gasteiger charge is 2.08. The van der Waals surface area contributed by atoms with Crippen LogP contribution in [0.5, 0.6) is 0 Å². The average molecular weight is 262 g/mol. The summed E-state index contributed by atoms with van der Waals surface area (Å²) < 4.78 is 0. The average Bonchev–Trinajstić information content (AvgIpc) is 2.68. The highest BCUT2D eigenvalue weighted by atomic mass is 32.1. The third-order valence-corrected chi connectivity index (χ3v) is 3.44. The number of nitrogens with one attached hydrogen (secondary N) is 1. The summed E-state index contributed by atoms with van der Waals surface area (Å²) in [6.07, 6.45) is 4.80. The normalized spacial score (nSPS) is 10.9. The molecule has 0 saturated carbocycles. The van der Waals surface area contributed by atoms with Gasteiger partial charge in [0.1, 0.15) is 10.7 Å². The van der Waals surface area contributed by atoms with E-state index in [1.807, 2.05) is 6.92 Å². The number of H-pyrrole nitrogens is 1. The molecular formula is C12H10N2O3S. The number of hydrogen-bond donors (Lipinski definition) is 2. The number of rotatable bonds is 3. The molecule has 2 aromatic heterocycles. The van der Waals surface area contributed by atoms with Gasteiger partial charge >= 0.3 is 5.97 Å². The number of aromatic nitrogens is 2. The van der Waals surface area contributed by atoms with Crippen LogP contribution in [-0.4, -0.2) is 21.0 Å². The van der Waals surface area contributed by atoms with Gasteiger partial charge in [0.25, 0.3) is 5.56 Å². The van der Waals surface area contributed by atoms with Crippen molar-refractivity contribution in [2.45, 2.75) is 6.92 Å². The number of carboxylic acids is 1. The van der Waals surface area contributed by atoms with Crippen molar-refractivity contribution in [3.63, 3.8) is 0 Å². The molecule has 0 unspecified atom stereocenters. The third-order valence-electron chi connectivity index (χ3n) is 2.25. The number of hydrogen-bond acceptors (Lipinski definition) is 4. The summed E-state index contributed by atoms with van der Waals surface area (Å²) in [4.78, 5) is 29.5. The molecule has 2 aromatic rings. The third kappa shape index (κ3) is 2.72. The smallest absolute Gasteiger partial charge is 0.345 e. The van der Waals surface area contributed by atoms with E-state index in [-0.39, 0.29) is 5.56 Å². The predicted molar refractivity (Wildman–Crippen MR) is 69.8 cm³/mol. The molecule has 0 aliphatic heterocycles. The summed E-state index contributed by atoms with van der Waals surface area (Å²) in [7, 11) is 0. The SMILES string of the molecule is Cc1cc(C(=O)O)sc1/C=C/c1nccc(=O)[nH]1. The van der Waals surface area contributed by atoms with Crippen molar-refractivity contribution in [1.82, 2.24) is 9.97 Å². The van der Waals surface area contributed by atoms with Gasteiger partial charge in [-0.2, -0.15) is 0 Å². The van der Waals surface area contributed by atoms with Gasteiger partial charge in [0, 0.05) is 17.1 Å². The lowest BCUT2D eigenvalue weighted by molar-refractivity contribution is 0.0702. The fraction of sp³-hybridized carbons (Fsp3) is 0.0833. The Balaban J connectivity index is 2.29. The molecule has 0 aliphatic rings. The largest absolute Gasteiger partial charge is 0.477 e. The zero-order valence-electron chi connectivity index (χ0n) is 9.51. The van der Waals surface area contributed by atoms with Crippen LogP contribution in [0.15, 0.2) is 23.1 Å². The Kier molecular flexibility index (Phi) is 3.38. The van der Waals surface area contributed by atoms with Gasteiger partial charge in [-0.05, 0) is 30.7 Å². The van der Waals surface area contributed by atoms with Crippen LogP contribution in [0.2, 0.25) is 0 Å². The molecule has 0 amide bonds. The molecule has 0 fully saturated rings. The van der Waals surface area contributed by atoms with Crippen LogP contribution < -0.4 is 5.56 Å². The molecule has 18 heavy (non-hydrogen) atoms. The Morgan fingerprint density at radius 2 is 2.28 bits per heavy atom. The summed E-state index contributed by atoms with van der Waals surface area (Å²) in [5, 5.41) is 8.87. The molecule has 92 valence electrons. The molecule has 2 N–H and O–H groups in total. The van der Waals surface area contributed by atoms with E-state index >= 15 is 0 Å². The van der Waals surface area contributed by atoms with Gasteiger partial charge in [-0.15, -0.1) is 11.3 Å². The number of carboxylic acid groups (broad SMARTS) is 1. The van der Waals surface area contributed by atoms with Crippen molar-refractivity contribution < 1.29 is 9.90 Å². The van der Waals surface area contributed by atoms with Gasteiger partial charge in [0.2, 0.25) is 0 Å². The Hall–Kier alpha value is -2.21. The minimum atomic E-state index is -0.936. The molecule has 6 heteroatoms. The molecular weight excluding hydrogens is 252 g/mol. The molecule has 0 aromatic carbocycles. The van der Waals surface area contributed by atoms with Crippen molar-refractivity contribution >= 4 is 29.5 Å². The minimum absolute atomic E-state index is 0.223. The maximum Gasteiger partial charge on any atom is 0.345 e. The number of aryl methyl sites for hydroxylation is 1. The van der Waals surface area contributed by atoms with Crippen LogP contribution in [-0.2, 0) is 0 Å². The van der Waals surface area contributed by atoms with E-state index in [0.29, 0.717) is 10.7 Å². The molecule has 0 radical (unpaired) electrons. The van der Waals surface area contributed by atoms with Gasteiger partial charge in [-0.25, -0.2) is 9.78 Å². The Bertz CT molecular complexity index is 670. The molecule has 2 heterocycles. The monoisotopic (exact) mass is 262 g/mol. The summed E-state index contributed by atoms with van der Waals surface area (Å²) in [6, 6.07) is 2.95. The number of carbonyl (C=O) groups is 1. The van der Waals surface area contributed by atoms with Gasteiger partial charge in [-0.3, -0.25) is 4.79 Å². The lowest BCUT2D eigenvalue weighted by atomic mass is 10.2. The van der Waals surface area contributed by atoms with Crippen LogP contribution in [0.1, 0.15) is 25.9 Å². The van der Waals surface area contributed by atoms with Crippen LogP contribution in [0.3, 0.4) is 0 Å². The molecule has 0 saturated heterocycles. The molecule has 0 aliphatic carbocycles. The number of aromatic amines is 1. The highest BCUT2D eigenvalue weighted by Crippen LogP contribution is 2.23. The van der Waals surface area contributed by atoms with Crippen LogP contribution in [0.25, 0.3) is 12.2 Å². The van der Waals surface area contributed by atoms with E-state index in [1.54, 1.807) is 18.2 Å². The summed E-state index contributed by atoms with van der Waals surface area (Å²) in [6.45, 7) is 1.84. The van der Waals surface area contributed by atoms with Crippen LogP contribution in [0, 0.1) is 6.92 Å². The van der Waals surface area contributed by atoms with Gasteiger partial charge < -0.3 is 10.1 Å². The number of thiophene rings is 1. The maximum atomic E-state index is 11.1. The number of aromatic carboxylic acids is 1. The van der Waals surface area contributed by atoms with Crippen LogP contribution in [0.4, 0.5) is 0 Å². The molecule has 0 atom stereocenters. The van der Waals surface area contributed by atoms with Crippen molar-refractivity contribution in [3.05, 3.63) is 49.8 Å². The number of nitrogens with zero attached hydrogens (tertiary/aromatic N) is 1. The second-order valence-electron chi connectivity index (χ2n) is 3.62. The lowest BCUT2D eigenvalue weighted by Gasteiger charge is -1.91. The first-order chi connectivity index (χ1) is 8.56. The first kappa shape index (κ1) is 12.3. The second-order valence-corrected chi connectivity index (χ2v) is 4.70. The van der Waals surface area contributed by atoms with Crippen molar-refractivity contribution in [3.8, 4) is 0 Å². The molecule has 2 rings (SSSR count). The summed E-state index contributed by atoms with van der Waals surface area (Å²) in [5.74, 6) is -0.499. The molecule has 0 spiro atoms. The fourth-order valence-corrected chi connectivity index (χ4v) is 2.31. The minimum Gasteiger partial charge on any atom is -0.477 e. The second kappa shape index (κ2) is 4.97. The quantitative estimate of drug-likeness (QED) is 0.886. The van der Waals surface area contributed by atoms with E-state index in [9.17, 15) is 9.59 Å². The zero-order valence-corrected chi connectivity index (χ0v) is 10.3. The van der Waals surface area contributed by atoms with Crippen molar-refractivity contribution in [1.29, 1.82) is 0 Å². The molecule has 5 nitrogen and oxygen atoms in total. The Morgan fingerprint density at radius 3 is 2.89 bits per heavy atom. The van der Waals surface area contributed by atoms with Gasteiger partial charge in [0.15, 0.2) is 0 Å². The summed E-state index contributed by atoms with van der Waals surface area (Å²) in [5.41, 5.74) is 0.658. The van der Waals surface area contributed by atoms with Crippen molar-refractivity contribution in [2.24, 2.45) is 0 Å². The van der Waals surface area contributed by atoms with Crippen molar-refractivity contribution in [2.75, 3.05) is 0 Å². The van der Waals surface area contributed by atoms with E-state index in [0.717, 1.165) is 10.4 Å². The first-order valence-corrected chi connectivity index (χ1v) is 5.95. The van der Waals surface area contributed by atoms with Crippen LogP contribution >= 0.6 is 11.3 Å². The van der Waals surface area contributed by atoms with E-state index < -0.39 is 5.97 Å². The first-order valence-electron chi connectivity index (χ1n) is 5.13. The van der Waals surface area contributed by atoms with E-state index in [2.05, 4.69) is 9.97 Å². The zero-order chi connectivity index (χ0) is 13.1. The lowest BCUT2D eigenvalue weighted by Crippen LogP contribution is -2.05. The Labute approximate surface area is 106 Å². The van der Waals surface area contributed by atoms with E-state index in [1.165, 1.54) is 23.6 Å². The van der Waals surface area contributed by atoms with Gasteiger partial charge in [-0.1, -0.05) is 0 Å². The topological polar surface area (TPSA) is 83.0 Å². The predicted octanol–water partition coefficient (Wildman–Crippen LogP) is 2.01. The van der Waals surface area contributed by atoms with E-state index in [4.69, 9.17) is 5.11 Å². The Morgan fingerprint density at radius 1 is 1.50 bits per heavy atom. The fourth-order valence-electron chi connectivity index (χ4n) is 1.39. The molecule has 0 bridgehead atoms. The highest BCUT2D eigenvalue weighted by molar-refractivity contribution is 7.15.